The van der Waals surface area contributed by atoms with Crippen LogP contribution in [0.15, 0.2) is 29.2 Å². The van der Waals surface area contributed by atoms with Crippen molar-refractivity contribution in [1.29, 1.82) is 0 Å². The summed E-state index contributed by atoms with van der Waals surface area (Å²) in [5.41, 5.74) is 0.502. The van der Waals surface area contributed by atoms with Crippen LogP contribution in [0.5, 0.6) is 0 Å². The molecule has 0 amide bonds. The van der Waals surface area contributed by atoms with Crippen molar-refractivity contribution in [1.82, 2.24) is 4.31 Å². The Bertz CT molecular complexity index is 722. The molecule has 7 nitrogen and oxygen atoms in total. The van der Waals surface area contributed by atoms with Crippen LogP contribution >= 0.6 is 0 Å². The third-order valence-corrected chi connectivity index (χ3v) is 6.74. The average Bonchev–Trinajstić information content (AvgIpc) is 2.38. The summed E-state index contributed by atoms with van der Waals surface area (Å²) in [5, 5.41) is 8.67. The molecule has 1 aliphatic heterocycles. The summed E-state index contributed by atoms with van der Waals surface area (Å²) in [7, 11) is -6.89. The Kier molecular flexibility index (Phi) is 4.35. The van der Waals surface area contributed by atoms with E-state index >= 15 is 0 Å². The molecule has 0 unspecified atom stereocenters. The maximum absolute atomic E-state index is 12.3. The number of sulfone groups is 1. The number of hydrogen-bond donors (Lipinski definition) is 1. The number of carbonyl (C=O) groups is 1. The zero-order chi connectivity index (χ0) is 15.7. The van der Waals surface area contributed by atoms with Gasteiger partial charge in [-0.25, -0.2) is 16.8 Å². The highest BCUT2D eigenvalue weighted by molar-refractivity contribution is 7.92. The van der Waals surface area contributed by atoms with Crippen LogP contribution in [0.25, 0.3) is 0 Å². The quantitative estimate of drug-likeness (QED) is 0.812. The Morgan fingerprint density at radius 2 is 1.67 bits per heavy atom. The molecule has 0 saturated carbocycles. The van der Waals surface area contributed by atoms with Gasteiger partial charge in [-0.3, -0.25) is 4.79 Å². The van der Waals surface area contributed by atoms with Crippen LogP contribution < -0.4 is 0 Å². The van der Waals surface area contributed by atoms with E-state index in [1.54, 1.807) is 0 Å². The Labute approximate surface area is 123 Å². The fourth-order valence-corrected chi connectivity index (χ4v) is 4.91. The largest absolute Gasteiger partial charge is 0.481 e. The molecule has 1 aromatic rings. The van der Waals surface area contributed by atoms with Gasteiger partial charge >= 0.3 is 5.97 Å². The van der Waals surface area contributed by atoms with Gasteiger partial charge < -0.3 is 5.11 Å². The van der Waals surface area contributed by atoms with Gasteiger partial charge in [-0.2, -0.15) is 4.31 Å². The number of benzene rings is 1. The molecule has 1 aromatic carbocycles. The van der Waals surface area contributed by atoms with Crippen molar-refractivity contribution in [2.24, 2.45) is 0 Å². The van der Waals surface area contributed by atoms with Crippen molar-refractivity contribution in [3.63, 3.8) is 0 Å². The molecule has 21 heavy (non-hydrogen) atoms. The number of rotatable bonds is 4. The highest BCUT2D eigenvalue weighted by Gasteiger charge is 2.31. The summed E-state index contributed by atoms with van der Waals surface area (Å²) in [6.45, 7) is -0.108. The van der Waals surface area contributed by atoms with E-state index in [1.165, 1.54) is 24.3 Å². The predicted octanol–water partition coefficient (Wildman–Crippen LogP) is -0.267. The first-order valence-electron chi connectivity index (χ1n) is 6.22. The maximum atomic E-state index is 12.3. The van der Waals surface area contributed by atoms with Crippen molar-refractivity contribution in [2.45, 2.75) is 11.3 Å². The lowest BCUT2D eigenvalue weighted by molar-refractivity contribution is -0.136. The number of aliphatic carboxylic acids is 1. The van der Waals surface area contributed by atoms with Gasteiger partial charge in [0.1, 0.15) is 0 Å². The minimum absolute atomic E-state index is 0.0379. The summed E-state index contributed by atoms with van der Waals surface area (Å²) in [5.74, 6) is -1.35. The van der Waals surface area contributed by atoms with Crippen LogP contribution in [0.2, 0.25) is 0 Å². The summed E-state index contributed by atoms with van der Waals surface area (Å²) in [4.78, 5) is 10.6. The summed E-state index contributed by atoms with van der Waals surface area (Å²) in [6, 6.07) is 5.58. The van der Waals surface area contributed by atoms with Gasteiger partial charge in [-0.1, -0.05) is 12.1 Å². The monoisotopic (exact) mass is 333 g/mol. The van der Waals surface area contributed by atoms with E-state index in [0.29, 0.717) is 5.56 Å². The second kappa shape index (κ2) is 5.74. The minimum atomic E-state index is -3.74. The molecule has 0 radical (unpaired) electrons. The van der Waals surface area contributed by atoms with Crippen molar-refractivity contribution in [3.8, 4) is 0 Å². The van der Waals surface area contributed by atoms with Crippen LogP contribution in [0.1, 0.15) is 5.56 Å². The molecule has 0 atom stereocenters. The van der Waals surface area contributed by atoms with E-state index in [1.807, 2.05) is 0 Å². The van der Waals surface area contributed by atoms with Gasteiger partial charge in [0, 0.05) is 13.1 Å². The molecular weight excluding hydrogens is 318 g/mol. The predicted molar refractivity (Wildman–Crippen MR) is 75.2 cm³/mol. The van der Waals surface area contributed by atoms with Gasteiger partial charge in [0.05, 0.1) is 22.8 Å². The molecular formula is C12H15NO6S2. The van der Waals surface area contributed by atoms with E-state index in [2.05, 4.69) is 0 Å². The molecule has 1 saturated heterocycles. The summed E-state index contributed by atoms with van der Waals surface area (Å²) in [6.07, 6.45) is -0.178. The van der Waals surface area contributed by atoms with Gasteiger partial charge in [-0.15, -0.1) is 0 Å². The average molecular weight is 333 g/mol. The van der Waals surface area contributed by atoms with E-state index in [4.69, 9.17) is 5.11 Å². The SMILES string of the molecule is O=C(O)Cc1ccc(S(=O)(=O)N2CCS(=O)(=O)CC2)cc1. The molecule has 0 bridgehead atoms. The van der Waals surface area contributed by atoms with Gasteiger partial charge in [0.25, 0.3) is 0 Å². The van der Waals surface area contributed by atoms with E-state index < -0.39 is 25.8 Å². The first-order chi connectivity index (χ1) is 9.71. The fraction of sp³-hybridized carbons (Fsp3) is 0.417. The van der Waals surface area contributed by atoms with Gasteiger partial charge in [-0.05, 0) is 17.7 Å². The smallest absolute Gasteiger partial charge is 0.307 e. The number of sulfonamides is 1. The van der Waals surface area contributed by atoms with Crippen molar-refractivity contribution in [3.05, 3.63) is 29.8 Å². The standard InChI is InChI=1S/C12H15NO6S2/c14-12(15)9-10-1-3-11(4-2-10)21(18,19)13-5-7-20(16,17)8-6-13/h1-4H,5-9H2,(H,14,15). The Morgan fingerprint density at radius 1 is 1.14 bits per heavy atom. The molecule has 116 valence electrons. The minimum Gasteiger partial charge on any atom is -0.481 e. The molecule has 0 spiro atoms. The Morgan fingerprint density at radius 3 is 2.14 bits per heavy atom. The molecule has 1 heterocycles. The molecule has 1 fully saturated rings. The van der Waals surface area contributed by atoms with Crippen LogP contribution in [0.3, 0.4) is 0 Å². The third-order valence-electron chi connectivity index (χ3n) is 3.22. The van der Waals surface area contributed by atoms with Crippen molar-refractivity contribution in [2.75, 3.05) is 24.6 Å². The fourth-order valence-electron chi connectivity index (χ4n) is 2.04. The van der Waals surface area contributed by atoms with Crippen LogP contribution in [-0.4, -0.2) is 56.8 Å². The second-order valence-electron chi connectivity index (χ2n) is 4.77. The van der Waals surface area contributed by atoms with E-state index in [9.17, 15) is 21.6 Å². The Hall–Kier alpha value is -1.45. The lowest BCUT2D eigenvalue weighted by atomic mass is 10.2. The first kappa shape index (κ1) is 15.9. The van der Waals surface area contributed by atoms with Crippen LogP contribution in [-0.2, 0) is 31.1 Å². The first-order valence-corrected chi connectivity index (χ1v) is 9.48. The zero-order valence-electron chi connectivity index (χ0n) is 11.1. The molecule has 1 aliphatic rings. The van der Waals surface area contributed by atoms with Gasteiger partial charge in [0.2, 0.25) is 10.0 Å². The number of hydrogen-bond acceptors (Lipinski definition) is 5. The molecule has 0 aromatic heterocycles. The summed E-state index contributed by atoms with van der Waals surface area (Å²) >= 11 is 0. The number of carboxylic acid groups (broad SMARTS) is 1. The molecule has 0 aliphatic carbocycles. The van der Waals surface area contributed by atoms with E-state index in [-0.39, 0.29) is 35.9 Å². The Balaban J connectivity index is 2.18. The van der Waals surface area contributed by atoms with Gasteiger partial charge in [0.15, 0.2) is 9.84 Å². The van der Waals surface area contributed by atoms with Crippen LogP contribution in [0, 0.1) is 0 Å². The topological polar surface area (TPSA) is 109 Å². The van der Waals surface area contributed by atoms with Crippen molar-refractivity contribution < 1.29 is 26.7 Å². The molecule has 9 heteroatoms. The highest BCUT2D eigenvalue weighted by atomic mass is 32.2. The third kappa shape index (κ3) is 3.80. The zero-order valence-corrected chi connectivity index (χ0v) is 12.7. The van der Waals surface area contributed by atoms with Crippen molar-refractivity contribution >= 4 is 25.8 Å². The van der Waals surface area contributed by atoms with Crippen LogP contribution in [0.4, 0.5) is 0 Å². The lowest BCUT2D eigenvalue weighted by Crippen LogP contribution is -2.43. The number of carboxylic acids is 1. The molecule has 1 N–H and O–H groups in total. The molecule has 2 rings (SSSR count). The second-order valence-corrected chi connectivity index (χ2v) is 9.01. The lowest BCUT2D eigenvalue weighted by Gasteiger charge is -2.25. The highest BCUT2D eigenvalue weighted by Crippen LogP contribution is 2.19. The number of nitrogens with zero attached hydrogens (tertiary/aromatic N) is 1. The summed E-state index contributed by atoms with van der Waals surface area (Å²) < 4.78 is 48.5. The normalized spacial score (nSPS) is 19.2. The van der Waals surface area contributed by atoms with E-state index in [0.717, 1.165) is 4.31 Å². The maximum Gasteiger partial charge on any atom is 0.307 e.